The van der Waals surface area contributed by atoms with Crippen LogP contribution < -0.4 is 4.74 Å². The molecule has 0 unspecified atom stereocenters. The molecule has 144 valence electrons. The minimum absolute atomic E-state index is 0.0535. The first-order valence-corrected chi connectivity index (χ1v) is 9.36. The molecule has 1 amide bonds. The maximum absolute atomic E-state index is 12.5. The van der Waals surface area contributed by atoms with E-state index in [1.54, 1.807) is 17.2 Å². The summed E-state index contributed by atoms with van der Waals surface area (Å²) in [6.07, 6.45) is 2.04. The van der Waals surface area contributed by atoms with E-state index >= 15 is 0 Å². The Kier molecular flexibility index (Phi) is 4.60. The zero-order chi connectivity index (χ0) is 19.2. The van der Waals surface area contributed by atoms with Gasteiger partial charge in [0.05, 0.1) is 29.6 Å². The first kappa shape index (κ1) is 18.3. The van der Waals surface area contributed by atoms with Crippen LogP contribution in [0.5, 0.6) is 5.88 Å². The second-order valence-electron chi connectivity index (χ2n) is 7.85. The summed E-state index contributed by atoms with van der Waals surface area (Å²) >= 11 is 6.08. The van der Waals surface area contributed by atoms with Gasteiger partial charge in [0.2, 0.25) is 5.88 Å². The van der Waals surface area contributed by atoms with Crippen LogP contribution in [0.25, 0.3) is 10.9 Å². The van der Waals surface area contributed by atoms with Gasteiger partial charge in [-0.25, -0.2) is 9.78 Å². The van der Waals surface area contributed by atoms with Gasteiger partial charge < -0.3 is 14.2 Å². The fourth-order valence-corrected chi connectivity index (χ4v) is 3.69. The van der Waals surface area contributed by atoms with Crippen LogP contribution >= 0.6 is 11.6 Å². The molecule has 0 spiro atoms. The van der Waals surface area contributed by atoms with Gasteiger partial charge in [-0.05, 0) is 39.3 Å². The molecule has 0 N–H and O–H groups in total. The molecule has 27 heavy (non-hydrogen) atoms. The average Bonchev–Trinajstić information content (AvgIpc) is 2.57. The molecule has 3 atom stereocenters. The lowest BCUT2D eigenvalue weighted by Gasteiger charge is -2.55. The third-order valence-electron chi connectivity index (χ3n) is 4.72. The fourth-order valence-electron chi connectivity index (χ4n) is 3.51. The number of nitrogens with zero attached hydrogens (tertiary/aromatic N) is 3. The van der Waals surface area contributed by atoms with Crippen molar-refractivity contribution in [2.24, 2.45) is 0 Å². The monoisotopic (exact) mass is 391 g/mol. The zero-order valence-corrected chi connectivity index (χ0v) is 16.3. The molecule has 0 radical (unpaired) electrons. The second kappa shape index (κ2) is 6.80. The molecule has 0 aromatic carbocycles. The Labute approximate surface area is 162 Å². The lowest BCUT2D eigenvalue weighted by Crippen LogP contribution is -2.70. The van der Waals surface area contributed by atoms with Gasteiger partial charge in [0.1, 0.15) is 23.5 Å². The topological polar surface area (TPSA) is 73.8 Å². The van der Waals surface area contributed by atoms with E-state index in [-0.39, 0.29) is 30.9 Å². The van der Waals surface area contributed by atoms with Crippen LogP contribution in [0.4, 0.5) is 4.79 Å². The lowest BCUT2D eigenvalue weighted by atomic mass is 9.87. The van der Waals surface area contributed by atoms with Crippen LogP contribution in [0.1, 0.15) is 27.2 Å². The van der Waals surface area contributed by atoms with Crippen molar-refractivity contribution in [1.82, 2.24) is 14.9 Å². The summed E-state index contributed by atoms with van der Waals surface area (Å²) in [5.74, 6) is 0.416. The van der Waals surface area contributed by atoms with Crippen molar-refractivity contribution < 1.29 is 19.0 Å². The average molecular weight is 392 g/mol. The molecule has 5 rings (SSSR count). The highest BCUT2D eigenvalue weighted by molar-refractivity contribution is 6.30. The van der Waals surface area contributed by atoms with Gasteiger partial charge in [-0.1, -0.05) is 11.6 Å². The third kappa shape index (κ3) is 3.66. The summed E-state index contributed by atoms with van der Waals surface area (Å²) in [5.41, 5.74) is 0.195. The fraction of sp³-hybridized carbons (Fsp3) is 0.526. The summed E-state index contributed by atoms with van der Waals surface area (Å²) in [5, 5.41) is 1.10. The number of rotatable bonds is 3. The largest absolute Gasteiger partial charge is 0.474 e. The van der Waals surface area contributed by atoms with Crippen molar-refractivity contribution in [3.8, 4) is 5.88 Å². The van der Waals surface area contributed by atoms with Crippen LogP contribution in [-0.2, 0) is 9.47 Å². The third-order valence-corrected chi connectivity index (χ3v) is 4.91. The second-order valence-corrected chi connectivity index (χ2v) is 8.23. The summed E-state index contributed by atoms with van der Waals surface area (Å²) in [6.45, 7) is 6.34. The van der Waals surface area contributed by atoms with Gasteiger partial charge in [0.15, 0.2) is 0 Å². The molecule has 0 aliphatic carbocycles. The molecular weight excluding hydrogens is 370 g/mol. The van der Waals surface area contributed by atoms with Crippen molar-refractivity contribution >= 4 is 28.6 Å². The number of hydrogen-bond donors (Lipinski definition) is 0. The maximum Gasteiger partial charge on any atom is 0.410 e. The normalized spacial score (nSPS) is 24.4. The number of ether oxygens (including phenoxy) is 3. The zero-order valence-electron chi connectivity index (χ0n) is 15.5. The molecule has 7 nitrogen and oxygen atoms in total. The number of hydrogen-bond acceptors (Lipinski definition) is 6. The van der Waals surface area contributed by atoms with Gasteiger partial charge >= 0.3 is 6.09 Å². The Balaban J connectivity index is 1.46. The summed E-state index contributed by atoms with van der Waals surface area (Å²) in [4.78, 5) is 22.8. The van der Waals surface area contributed by atoms with Crippen LogP contribution in [-0.4, -0.2) is 58.0 Å². The Morgan fingerprint density at radius 1 is 1.44 bits per heavy atom. The van der Waals surface area contributed by atoms with E-state index in [0.29, 0.717) is 17.6 Å². The Bertz CT molecular complexity index is 868. The Morgan fingerprint density at radius 2 is 2.26 bits per heavy atom. The van der Waals surface area contributed by atoms with Gasteiger partial charge in [-0.15, -0.1) is 0 Å². The predicted octanol–water partition coefficient (Wildman–Crippen LogP) is 3.44. The van der Waals surface area contributed by atoms with Gasteiger partial charge in [0, 0.05) is 12.3 Å². The van der Waals surface area contributed by atoms with E-state index in [2.05, 4.69) is 9.97 Å². The SMILES string of the molecule is CC(C)(C)OC(=O)N1[C@@H]2CO[C@H](COc3nc(Cl)cc4ncccc34)[C@H]1C2. The molecule has 8 heteroatoms. The van der Waals surface area contributed by atoms with Crippen molar-refractivity contribution in [3.05, 3.63) is 29.5 Å². The quantitative estimate of drug-likeness (QED) is 0.746. The van der Waals surface area contributed by atoms with Crippen molar-refractivity contribution in [2.75, 3.05) is 13.2 Å². The van der Waals surface area contributed by atoms with E-state index in [4.69, 9.17) is 25.8 Å². The molecule has 3 aliphatic rings. The van der Waals surface area contributed by atoms with Crippen molar-refractivity contribution in [3.63, 3.8) is 0 Å². The first-order valence-electron chi connectivity index (χ1n) is 8.99. The highest BCUT2D eigenvalue weighted by Gasteiger charge is 2.52. The molecule has 3 fully saturated rings. The number of fused-ring (bicyclic) bond motifs is 3. The van der Waals surface area contributed by atoms with Gasteiger partial charge in [0.25, 0.3) is 0 Å². The molecule has 5 heterocycles. The van der Waals surface area contributed by atoms with Gasteiger partial charge in [-0.2, -0.15) is 0 Å². The van der Waals surface area contributed by atoms with E-state index in [0.717, 1.165) is 17.3 Å². The molecular formula is C19H22ClN3O4. The number of carbonyl (C=O) groups is 1. The number of amides is 1. The van der Waals surface area contributed by atoms with E-state index in [9.17, 15) is 4.79 Å². The number of aromatic nitrogens is 2. The van der Waals surface area contributed by atoms with Gasteiger partial charge in [-0.3, -0.25) is 9.88 Å². The molecule has 3 aliphatic heterocycles. The van der Waals surface area contributed by atoms with Crippen LogP contribution in [0.15, 0.2) is 24.4 Å². The summed E-state index contributed by atoms with van der Waals surface area (Å²) in [7, 11) is 0. The van der Waals surface area contributed by atoms with Crippen molar-refractivity contribution in [1.29, 1.82) is 0 Å². The first-order chi connectivity index (χ1) is 12.8. The number of morpholine rings is 1. The van der Waals surface area contributed by atoms with Crippen LogP contribution in [0.3, 0.4) is 0 Å². The molecule has 2 aromatic heterocycles. The standard InChI is InChI=1S/C19H22ClN3O4/c1-19(2,3)27-18(24)23-11-7-14(23)15(25-9-11)10-26-17-12-5-4-6-21-13(12)8-16(20)22-17/h4-6,8,11,14-15H,7,9-10H2,1-3H3/t11-,14+,15+/m0/s1. The summed E-state index contributed by atoms with van der Waals surface area (Å²) < 4.78 is 17.3. The maximum atomic E-state index is 12.5. The Hall–Kier alpha value is -2.12. The van der Waals surface area contributed by atoms with Crippen molar-refractivity contribution in [2.45, 2.75) is 51.0 Å². The predicted molar refractivity (Wildman–Crippen MR) is 100 cm³/mol. The highest BCUT2D eigenvalue weighted by Crippen LogP contribution is 2.36. The number of pyridine rings is 2. The van der Waals surface area contributed by atoms with Crippen LogP contribution in [0, 0.1) is 0 Å². The molecule has 2 bridgehead atoms. The molecule has 0 saturated carbocycles. The molecule has 2 aromatic rings. The molecule has 3 saturated heterocycles. The van der Waals surface area contributed by atoms with Crippen LogP contribution in [0.2, 0.25) is 5.15 Å². The minimum atomic E-state index is -0.523. The van der Waals surface area contributed by atoms with E-state index in [1.165, 1.54) is 0 Å². The van der Waals surface area contributed by atoms with E-state index in [1.807, 2.05) is 32.9 Å². The Morgan fingerprint density at radius 3 is 3.00 bits per heavy atom. The minimum Gasteiger partial charge on any atom is -0.474 e. The smallest absolute Gasteiger partial charge is 0.410 e. The van der Waals surface area contributed by atoms with E-state index < -0.39 is 5.60 Å². The highest BCUT2D eigenvalue weighted by atomic mass is 35.5. The summed E-state index contributed by atoms with van der Waals surface area (Å²) in [6, 6.07) is 5.43. The number of halogens is 1. The lowest BCUT2D eigenvalue weighted by molar-refractivity contribution is -0.172. The number of carbonyl (C=O) groups excluding carboxylic acids is 1.